The summed E-state index contributed by atoms with van der Waals surface area (Å²) in [6.45, 7) is 1.96. The van der Waals surface area contributed by atoms with Gasteiger partial charge in [-0.05, 0) is 31.4 Å². The first-order valence-electron chi connectivity index (χ1n) is 4.40. The van der Waals surface area contributed by atoms with E-state index >= 15 is 0 Å². The summed E-state index contributed by atoms with van der Waals surface area (Å²) < 4.78 is 5.07. The summed E-state index contributed by atoms with van der Waals surface area (Å²) in [5, 5.41) is 0. The second kappa shape index (κ2) is 4.75. The van der Waals surface area contributed by atoms with Crippen LogP contribution in [0.25, 0.3) is 0 Å². The van der Waals surface area contributed by atoms with Gasteiger partial charge in [-0.2, -0.15) is 0 Å². The second-order valence-corrected chi connectivity index (χ2v) is 2.81. The molecule has 0 saturated carbocycles. The van der Waals surface area contributed by atoms with Crippen LogP contribution in [0.1, 0.15) is 32.6 Å². The molecule has 1 rings (SSSR count). The van der Waals surface area contributed by atoms with E-state index < -0.39 is 0 Å². The standard InChI is InChI=1S/C10H14O2/c1-2-6-10(11)12-9-7-4-3-5-8-9/h4,7-8H,2-3,5-6H2,1H3. The monoisotopic (exact) mass is 166 g/mol. The van der Waals surface area contributed by atoms with Crippen LogP contribution >= 0.6 is 0 Å². The van der Waals surface area contributed by atoms with Crippen molar-refractivity contribution in [2.75, 3.05) is 0 Å². The van der Waals surface area contributed by atoms with Crippen LogP contribution in [0.3, 0.4) is 0 Å². The lowest BCUT2D eigenvalue weighted by atomic mass is 10.2. The van der Waals surface area contributed by atoms with Crippen LogP contribution in [0.15, 0.2) is 24.0 Å². The topological polar surface area (TPSA) is 26.3 Å². The number of hydrogen-bond donors (Lipinski definition) is 0. The van der Waals surface area contributed by atoms with E-state index in [1.807, 2.05) is 25.2 Å². The molecule has 0 amide bonds. The number of ether oxygens (including phenoxy) is 1. The van der Waals surface area contributed by atoms with E-state index in [2.05, 4.69) is 0 Å². The predicted octanol–water partition coefficient (Wildman–Crippen LogP) is 2.56. The average molecular weight is 166 g/mol. The number of hydrogen-bond acceptors (Lipinski definition) is 2. The average Bonchev–Trinajstić information content (AvgIpc) is 2.06. The van der Waals surface area contributed by atoms with Gasteiger partial charge in [-0.15, -0.1) is 0 Å². The van der Waals surface area contributed by atoms with Gasteiger partial charge in [0.2, 0.25) is 0 Å². The SMILES string of the molecule is CCCC(=O)OC1=CCCC=C1. The summed E-state index contributed by atoms with van der Waals surface area (Å²) in [5.41, 5.74) is 0. The van der Waals surface area contributed by atoms with E-state index in [0.717, 1.165) is 19.3 Å². The molecule has 1 aliphatic rings. The van der Waals surface area contributed by atoms with E-state index in [0.29, 0.717) is 12.2 Å². The van der Waals surface area contributed by atoms with Gasteiger partial charge in [0.25, 0.3) is 0 Å². The molecule has 0 atom stereocenters. The molecular formula is C10H14O2. The summed E-state index contributed by atoms with van der Waals surface area (Å²) in [6, 6.07) is 0. The van der Waals surface area contributed by atoms with Gasteiger partial charge in [-0.25, -0.2) is 0 Å². The highest BCUT2D eigenvalue weighted by Gasteiger charge is 2.04. The van der Waals surface area contributed by atoms with Gasteiger partial charge in [0, 0.05) is 6.42 Å². The van der Waals surface area contributed by atoms with Crippen molar-refractivity contribution in [2.45, 2.75) is 32.6 Å². The molecule has 12 heavy (non-hydrogen) atoms. The van der Waals surface area contributed by atoms with E-state index in [4.69, 9.17) is 4.74 Å². The molecule has 1 aliphatic carbocycles. The molecule has 0 fully saturated rings. The minimum absolute atomic E-state index is 0.129. The molecule has 0 bridgehead atoms. The lowest BCUT2D eigenvalue weighted by molar-refractivity contribution is -0.139. The minimum Gasteiger partial charge on any atom is -0.427 e. The summed E-state index contributed by atoms with van der Waals surface area (Å²) in [6.07, 6.45) is 9.21. The number of carbonyl (C=O) groups excluding carboxylic acids is 1. The zero-order valence-corrected chi connectivity index (χ0v) is 7.38. The summed E-state index contributed by atoms with van der Waals surface area (Å²) in [5.74, 6) is 0.579. The highest BCUT2D eigenvalue weighted by molar-refractivity contribution is 5.70. The molecule has 0 spiro atoms. The number of carbonyl (C=O) groups is 1. The third-order valence-electron chi connectivity index (χ3n) is 1.65. The Balaban J connectivity index is 2.35. The first kappa shape index (κ1) is 9.04. The lowest BCUT2D eigenvalue weighted by Crippen LogP contribution is -2.03. The Bertz CT molecular complexity index is 214. The van der Waals surface area contributed by atoms with Crippen molar-refractivity contribution >= 4 is 5.97 Å². The van der Waals surface area contributed by atoms with E-state index in [1.54, 1.807) is 0 Å². The van der Waals surface area contributed by atoms with Crippen LogP contribution in [0, 0.1) is 0 Å². The molecule has 0 heterocycles. The second-order valence-electron chi connectivity index (χ2n) is 2.81. The maximum absolute atomic E-state index is 11.0. The first-order chi connectivity index (χ1) is 5.83. The Morgan fingerprint density at radius 3 is 3.00 bits per heavy atom. The highest BCUT2D eigenvalue weighted by Crippen LogP contribution is 2.11. The van der Waals surface area contributed by atoms with E-state index in [-0.39, 0.29) is 5.97 Å². The molecule has 0 saturated heterocycles. The molecule has 0 aromatic heterocycles. The predicted molar refractivity (Wildman–Crippen MR) is 47.5 cm³/mol. The molecule has 0 aliphatic heterocycles. The molecule has 0 N–H and O–H groups in total. The van der Waals surface area contributed by atoms with Crippen molar-refractivity contribution in [3.8, 4) is 0 Å². The van der Waals surface area contributed by atoms with Crippen molar-refractivity contribution in [3.05, 3.63) is 24.0 Å². The highest BCUT2D eigenvalue weighted by atomic mass is 16.5. The minimum atomic E-state index is -0.129. The Hall–Kier alpha value is -1.05. The molecule has 0 aromatic carbocycles. The molecule has 0 aromatic rings. The molecule has 66 valence electrons. The van der Waals surface area contributed by atoms with Gasteiger partial charge in [-0.3, -0.25) is 4.79 Å². The van der Waals surface area contributed by atoms with Crippen LogP contribution in [-0.4, -0.2) is 5.97 Å². The zero-order valence-electron chi connectivity index (χ0n) is 7.38. The quantitative estimate of drug-likeness (QED) is 0.602. The molecule has 2 heteroatoms. The number of esters is 1. The fourth-order valence-corrected chi connectivity index (χ4v) is 1.05. The van der Waals surface area contributed by atoms with Gasteiger partial charge < -0.3 is 4.74 Å². The van der Waals surface area contributed by atoms with Crippen LogP contribution in [0.2, 0.25) is 0 Å². The van der Waals surface area contributed by atoms with Crippen molar-refractivity contribution in [1.82, 2.24) is 0 Å². The maximum atomic E-state index is 11.0. The largest absolute Gasteiger partial charge is 0.427 e. The third kappa shape index (κ3) is 2.91. The van der Waals surface area contributed by atoms with Crippen molar-refractivity contribution < 1.29 is 9.53 Å². The summed E-state index contributed by atoms with van der Waals surface area (Å²) in [4.78, 5) is 11.0. The number of rotatable bonds is 3. The Morgan fingerprint density at radius 1 is 1.58 bits per heavy atom. The fraction of sp³-hybridized carbons (Fsp3) is 0.500. The van der Waals surface area contributed by atoms with Gasteiger partial charge in [0.15, 0.2) is 0 Å². The summed E-state index contributed by atoms with van der Waals surface area (Å²) in [7, 11) is 0. The Morgan fingerprint density at radius 2 is 2.42 bits per heavy atom. The van der Waals surface area contributed by atoms with Crippen LogP contribution in [-0.2, 0) is 9.53 Å². The number of allylic oxidation sites excluding steroid dienone is 3. The smallest absolute Gasteiger partial charge is 0.311 e. The van der Waals surface area contributed by atoms with Gasteiger partial charge in [0.05, 0.1) is 0 Å². The maximum Gasteiger partial charge on any atom is 0.311 e. The van der Waals surface area contributed by atoms with Crippen molar-refractivity contribution in [3.63, 3.8) is 0 Å². The fourth-order valence-electron chi connectivity index (χ4n) is 1.05. The molecule has 0 radical (unpaired) electrons. The first-order valence-corrected chi connectivity index (χ1v) is 4.40. The normalized spacial score (nSPS) is 15.6. The Labute approximate surface area is 72.9 Å². The third-order valence-corrected chi connectivity index (χ3v) is 1.65. The van der Waals surface area contributed by atoms with Crippen LogP contribution in [0.5, 0.6) is 0 Å². The molecule has 2 nitrogen and oxygen atoms in total. The molecule has 0 unspecified atom stereocenters. The van der Waals surface area contributed by atoms with Crippen LogP contribution < -0.4 is 0 Å². The van der Waals surface area contributed by atoms with E-state index in [9.17, 15) is 4.79 Å². The van der Waals surface area contributed by atoms with Crippen molar-refractivity contribution in [2.24, 2.45) is 0 Å². The summed E-state index contributed by atoms with van der Waals surface area (Å²) >= 11 is 0. The van der Waals surface area contributed by atoms with Gasteiger partial charge >= 0.3 is 5.97 Å². The van der Waals surface area contributed by atoms with Gasteiger partial charge in [-0.1, -0.05) is 13.0 Å². The zero-order chi connectivity index (χ0) is 8.81. The van der Waals surface area contributed by atoms with Crippen LogP contribution in [0.4, 0.5) is 0 Å². The Kier molecular flexibility index (Phi) is 3.58. The lowest BCUT2D eigenvalue weighted by Gasteiger charge is -2.06. The van der Waals surface area contributed by atoms with Crippen molar-refractivity contribution in [1.29, 1.82) is 0 Å². The molecular weight excluding hydrogens is 152 g/mol. The van der Waals surface area contributed by atoms with Gasteiger partial charge in [0.1, 0.15) is 5.76 Å². The van der Waals surface area contributed by atoms with E-state index in [1.165, 1.54) is 0 Å².